The van der Waals surface area contributed by atoms with E-state index >= 15 is 0 Å². The molecule has 7 heteroatoms. The van der Waals surface area contributed by atoms with Gasteiger partial charge in [-0.25, -0.2) is 4.79 Å². The SMILES string of the molecule is C=CC(=O)NCCC(=O)N1CC[C@H]2CN(C(=O)OC(C)(C)C)C[C@H]21. The van der Waals surface area contributed by atoms with E-state index in [9.17, 15) is 14.4 Å². The smallest absolute Gasteiger partial charge is 0.410 e. The molecule has 0 aromatic carbocycles. The summed E-state index contributed by atoms with van der Waals surface area (Å²) in [6, 6.07) is 0.0557. The van der Waals surface area contributed by atoms with E-state index in [2.05, 4.69) is 11.9 Å². The molecule has 0 aliphatic carbocycles. The van der Waals surface area contributed by atoms with Crippen LogP contribution in [0.2, 0.25) is 0 Å². The molecule has 2 saturated heterocycles. The van der Waals surface area contributed by atoms with Gasteiger partial charge in [0.15, 0.2) is 0 Å². The van der Waals surface area contributed by atoms with Crippen LogP contribution in [0.15, 0.2) is 12.7 Å². The highest BCUT2D eigenvalue weighted by Crippen LogP contribution is 2.32. The molecule has 2 aliphatic rings. The van der Waals surface area contributed by atoms with E-state index < -0.39 is 5.60 Å². The van der Waals surface area contributed by atoms with Crippen molar-refractivity contribution in [2.45, 2.75) is 45.3 Å². The average Bonchev–Trinajstić information content (AvgIpc) is 3.04. The molecular formula is C17H27N3O4. The molecule has 7 nitrogen and oxygen atoms in total. The monoisotopic (exact) mass is 337 g/mol. The van der Waals surface area contributed by atoms with Crippen molar-refractivity contribution in [3.8, 4) is 0 Å². The van der Waals surface area contributed by atoms with Gasteiger partial charge in [-0.1, -0.05) is 6.58 Å². The zero-order valence-electron chi connectivity index (χ0n) is 14.7. The zero-order chi connectivity index (χ0) is 17.9. The molecule has 2 rings (SSSR count). The molecule has 0 unspecified atom stereocenters. The largest absolute Gasteiger partial charge is 0.444 e. The first-order chi connectivity index (χ1) is 11.2. The zero-order valence-corrected chi connectivity index (χ0v) is 14.7. The van der Waals surface area contributed by atoms with Gasteiger partial charge in [0.1, 0.15) is 5.60 Å². The number of hydrogen-bond donors (Lipinski definition) is 1. The predicted octanol–water partition coefficient (Wildman–Crippen LogP) is 1.15. The molecule has 2 heterocycles. The minimum absolute atomic E-state index is 0.0119. The van der Waals surface area contributed by atoms with Crippen molar-refractivity contribution in [2.24, 2.45) is 5.92 Å². The summed E-state index contributed by atoms with van der Waals surface area (Å²) < 4.78 is 5.41. The van der Waals surface area contributed by atoms with Gasteiger partial charge in [0.2, 0.25) is 11.8 Å². The number of fused-ring (bicyclic) bond motifs is 1. The molecule has 1 N–H and O–H groups in total. The highest BCUT2D eigenvalue weighted by atomic mass is 16.6. The van der Waals surface area contributed by atoms with Crippen molar-refractivity contribution >= 4 is 17.9 Å². The summed E-state index contributed by atoms with van der Waals surface area (Å²) in [6.07, 6.45) is 2.03. The van der Waals surface area contributed by atoms with E-state index in [1.54, 1.807) is 4.90 Å². The summed E-state index contributed by atoms with van der Waals surface area (Å²) in [5.74, 6) is 0.0428. The van der Waals surface area contributed by atoms with Crippen molar-refractivity contribution in [3.63, 3.8) is 0 Å². The van der Waals surface area contributed by atoms with Gasteiger partial charge >= 0.3 is 6.09 Å². The first kappa shape index (κ1) is 18.3. The predicted molar refractivity (Wildman–Crippen MR) is 89.2 cm³/mol. The van der Waals surface area contributed by atoms with Gasteiger partial charge < -0.3 is 19.9 Å². The van der Waals surface area contributed by atoms with Crippen molar-refractivity contribution in [1.29, 1.82) is 0 Å². The maximum Gasteiger partial charge on any atom is 0.410 e. The molecule has 2 aliphatic heterocycles. The second-order valence-electron chi connectivity index (χ2n) is 7.33. The Morgan fingerprint density at radius 1 is 1.29 bits per heavy atom. The Morgan fingerprint density at radius 2 is 2.00 bits per heavy atom. The summed E-state index contributed by atoms with van der Waals surface area (Å²) in [5, 5.41) is 2.61. The molecule has 134 valence electrons. The fourth-order valence-corrected chi connectivity index (χ4v) is 3.26. The topological polar surface area (TPSA) is 79.0 Å². The third kappa shape index (κ3) is 4.49. The molecule has 0 saturated carbocycles. The molecule has 0 aromatic heterocycles. The van der Waals surface area contributed by atoms with Crippen LogP contribution in [-0.2, 0) is 14.3 Å². The minimum atomic E-state index is -0.520. The van der Waals surface area contributed by atoms with Crippen LogP contribution in [0.5, 0.6) is 0 Å². The lowest BCUT2D eigenvalue weighted by Crippen LogP contribution is -2.42. The summed E-state index contributed by atoms with van der Waals surface area (Å²) in [4.78, 5) is 39.2. The lowest BCUT2D eigenvalue weighted by atomic mass is 10.1. The molecule has 24 heavy (non-hydrogen) atoms. The van der Waals surface area contributed by atoms with E-state index in [-0.39, 0.29) is 30.4 Å². The van der Waals surface area contributed by atoms with Crippen LogP contribution < -0.4 is 5.32 Å². The highest BCUT2D eigenvalue weighted by molar-refractivity contribution is 5.87. The molecular weight excluding hydrogens is 310 g/mol. The molecule has 0 spiro atoms. The Labute approximate surface area is 143 Å². The minimum Gasteiger partial charge on any atom is -0.444 e. The van der Waals surface area contributed by atoms with E-state index in [1.807, 2.05) is 25.7 Å². The fraction of sp³-hybridized carbons (Fsp3) is 0.706. The van der Waals surface area contributed by atoms with Gasteiger partial charge in [-0.15, -0.1) is 0 Å². The standard InChI is InChI=1S/C17H27N3O4/c1-5-14(21)18-8-6-15(22)20-9-7-12-10-19(11-13(12)20)16(23)24-17(2,3)4/h5,12-13H,1,6-11H2,2-4H3,(H,18,21)/t12-,13+/m0/s1. The Hall–Kier alpha value is -2.05. The lowest BCUT2D eigenvalue weighted by molar-refractivity contribution is -0.132. The highest BCUT2D eigenvalue weighted by Gasteiger charge is 2.45. The van der Waals surface area contributed by atoms with Crippen LogP contribution in [-0.4, -0.2) is 65.5 Å². The van der Waals surface area contributed by atoms with Crippen molar-refractivity contribution in [1.82, 2.24) is 15.1 Å². The Kier molecular flexibility index (Phi) is 5.51. The number of hydrogen-bond acceptors (Lipinski definition) is 4. The molecule has 0 bridgehead atoms. The van der Waals surface area contributed by atoms with Crippen LogP contribution in [0.1, 0.15) is 33.6 Å². The van der Waals surface area contributed by atoms with E-state index in [0.29, 0.717) is 32.1 Å². The number of nitrogens with zero attached hydrogens (tertiary/aromatic N) is 2. The number of rotatable bonds is 4. The lowest BCUT2D eigenvalue weighted by Gasteiger charge is -2.27. The number of amides is 3. The first-order valence-electron chi connectivity index (χ1n) is 8.39. The second kappa shape index (κ2) is 7.23. The fourth-order valence-electron chi connectivity index (χ4n) is 3.26. The first-order valence-corrected chi connectivity index (χ1v) is 8.39. The maximum atomic E-state index is 12.4. The average molecular weight is 337 g/mol. The number of nitrogens with one attached hydrogen (secondary N) is 1. The van der Waals surface area contributed by atoms with E-state index in [4.69, 9.17) is 4.74 Å². The molecule has 2 atom stereocenters. The second-order valence-corrected chi connectivity index (χ2v) is 7.33. The molecule has 0 radical (unpaired) electrons. The van der Waals surface area contributed by atoms with Crippen LogP contribution in [0, 0.1) is 5.92 Å². The number of likely N-dealkylation sites (tertiary alicyclic amines) is 2. The van der Waals surface area contributed by atoms with Crippen molar-refractivity contribution < 1.29 is 19.1 Å². The van der Waals surface area contributed by atoms with Gasteiger partial charge in [0, 0.05) is 38.5 Å². The van der Waals surface area contributed by atoms with E-state index in [1.165, 1.54) is 6.08 Å². The Balaban J connectivity index is 1.86. The summed E-state index contributed by atoms with van der Waals surface area (Å²) in [6.45, 7) is 11.1. The van der Waals surface area contributed by atoms with Gasteiger partial charge in [-0.2, -0.15) is 0 Å². The van der Waals surface area contributed by atoms with Crippen LogP contribution in [0.25, 0.3) is 0 Å². The van der Waals surface area contributed by atoms with Crippen LogP contribution >= 0.6 is 0 Å². The Morgan fingerprint density at radius 3 is 2.62 bits per heavy atom. The summed E-state index contributed by atoms with van der Waals surface area (Å²) in [7, 11) is 0. The summed E-state index contributed by atoms with van der Waals surface area (Å²) >= 11 is 0. The van der Waals surface area contributed by atoms with Gasteiger partial charge in [-0.05, 0) is 33.3 Å². The summed E-state index contributed by atoms with van der Waals surface area (Å²) in [5.41, 5.74) is -0.520. The van der Waals surface area contributed by atoms with Crippen molar-refractivity contribution in [2.75, 3.05) is 26.2 Å². The number of ether oxygens (including phenoxy) is 1. The molecule has 2 fully saturated rings. The van der Waals surface area contributed by atoms with Gasteiger partial charge in [-0.3, -0.25) is 9.59 Å². The van der Waals surface area contributed by atoms with Crippen molar-refractivity contribution in [3.05, 3.63) is 12.7 Å². The molecule has 3 amide bonds. The quantitative estimate of drug-likeness (QED) is 0.781. The van der Waals surface area contributed by atoms with Gasteiger partial charge in [0.25, 0.3) is 0 Å². The van der Waals surface area contributed by atoms with Crippen LogP contribution in [0.4, 0.5) is 4.79 Å². The Bertz CT molecular complexity index is 526. The van der Waals surface area contributed by atoms with Crippen LogP contribution in [0.3, 0.4) is 0 Å². The maximum absolute atomic E-state index is 12.4. The van der Waals surface area contributed by atoms with E-state index in [0.717, 1.165) is 6.42 Å². The van der Waals surface area contributed by atoms with Gasteiger partial charge in [0.05, 0.1) is 6.04 Å². The normalized spacial score (nSPS) is 23.0. The third-order valence-corrected chi connectivity index (χ3v) is 4.34. The number of carbonyl (C=O) groups excluding carboxylic acids is 3. The number of carbonyl (C=O) groups is 3. The molecule has 0 aromatic rings. The third-order valence-electron chi connectivity index (χ3n) is 4.34.